The summed E-state index contributed by atoms with van der Waals surface area (Å²) in [6.45, 7) is 0. The maximum atomic E-state index is 12.7. The highest BCUT2D eigenvalue weighted by atomic mass is 19.1. The van der Waals surface area contributed by atoms with Gasteiger partial charge in [-0.2, -0.15) is 0 Å². The van der Waals surface area contributed by atoms with Crippen LogP contribution in [0.2, 0.25) is 0 Å². The van der Waals surface area contributed by atoms with Crippen LogP contribution in [0.1, 0.15) is 0 Å². The van der Waals surface area contributed by atoms with E-state index in [9.17, 15) is 4.39 Å². The van der Waals surface area contributed by atoms with E-state index in [0.717, 1.165) is 0 Å². The van der Waals surface area contributed by atoms with Crippen molar-refractivity contribution in [2.45, 2.75) is 0 Å². The van der Waals surface area contributed by atoms with Gasteiger partial charge in [0.2, 0.25) is 0 Å². The van der Waals surface area contributed by atoms with E-state index in [-0.39, 0.29) is 11.8 Å². The van der Waals surface area contributed by atoms with E-state index in [0.29, 0.717) is 5.75 Å². The molecule has 1 aromatic carbocycles. The molecule has 4 heteroatoms. The Hall–Kier alpha value is -1.97. The minimum Gasteiger partial charge on any atom is -0.424 e. The number of hydrogen-bond donors (Lipinski definition) is 0. The van der Waals surface area contributed by atoms with Crippen LogP contribution in [0, 0.1) is 5.82 Å². The van der Waals surface area contributed by atoms with Crippen LogP contribution >= 0.6 is 0 Å². The van der Waals surface area contributed by atoms with Crippen LogP contribution in [-0.2, 0) is 0 Å². The SMILES string of the molecule is Fc1cccc(Oc2ncccn2)c1. The fraction of sp³-hybridized carbons (Fsp3) is 0. The highest BCUT2D eigenvalue weighted by Gasteiger charge is 1.99. The Kier molecular flexibility index (Phi) is 2.36. The lowest BCUT2D eigenvalue weighted by molar-refractivity contribution is 0.438. The zero-order chi connectivity index (χ0) is 9.80. The first-order valence-electron chi connectivity index (χ1n) is 4.05. The molecule has 0 radical (unpaired) electrons. The molecule has 0 atom stereocenters. The van der Waals surface area contributed by atoms with Gasteiger partial charge >= 0.3 is 6.01 Å². The van der Waals surface area contributed by atoms with E-state index in [4.69, 9.17) is 4.74 Å². The van der Waals surface area contributed by atoms with Gasteiger partial charge in [-0.05, 0) is 18.2 Å². The second-order valence-electron chi connectivity index (χ2n) is 2.59. The Morgan fingerprint density at radius 1 is 1.07 bits per heavy atom. The lowest BCUT2D eigenvalue weighted by Gasteiger charge is -2.01. The van der Waals surface area contributed by atoms with Crippen molar-refractivity contribution in [1.82, 2.24) is 9.97 Å². The summed E-state index contributed by atoms with van der Waals surface area (Å²) < 4.78 is 17.9. The summed E-state index contributed by atoms with van der Waals surface area (Å²) in [5.74, 6) is 0.0367. The van der Waals surface area contributed by atoms with E-state index < -0.39 is 0 Å². The lowest BCUT2D eigenvalue weighted by atomic mass is 10.3. The lowest BCUT2D eigenvalue weighted by Crippen LogP contribution is -1.90. The van der Waals surface area contributed by atoms with E-state index in [2.05, 4.69) is 9.97 Å². The van der Waals surface area contributed by atoms with Crippen molar-refractivity contribution in [3.63, 3.8) is 0 Å². The highest BCUT2D eigenvalue weighted by molar-refractivity contribution is 5.24. The van der Waals surface area contributed by atoms with Gasteiger partial charge in [0.25, 0.3) is 0 Å². The molecule has 3 nitrogen and oxygen atoms in total. The first-order valence-corrected chi connectivity index (χ1v) is 4.05. The molecule has 0 spiro atoms. The van der Waals surface area contributed by atoms with Crippen molar-refractivity contribution in [2.24, 2.45) is 0 Å². The molecule has 2 rings (SSSR count). The van der Waals surface area contributed by atoms with Crippen LogP contribution in [0.25, 0.3) is 0 Å². The maximum absolute atomic E-state index is 12.7. The van der Waals surface area contributed by atoms with Crippen molar-refractivity contribution in [3.05, 3.63) is 48.5 Å². The molecule has 0 aliphatic carbocycles. The van der Waals surface area contributed by atoms with E-state index in [1.807, 2.05) is 0 Å². The Bertz CT molecular complexity index is 419. The number of aromatic nitrogens is 2. The zero-order valence-electron chi connectivity index (χ0n) is 7.22. The third-order valence-electron chi connectivity index (χ3n) is 1.55. The van der Waals surface area contributed by atoms with Crippen LogP contribution in [0.15, 0.2) is 42.7 Å². The third kappa shape index (κ3) is 2.04. The average Bonchev–Trinajstić information content (AvgIpc) is 2.19. The summed E-state index contributed by atoms with van der Waals surface area (Å²) >= 11 is 0. The Morgan fingerprint density at radius 3 is 2.57 bits per heavy atom. The zero-order valence-corrected chi connectivity index (χ0v) is 7.22. The summed E-state index contributed by atoms with van der Waals surface area (Å²) in [7, 11) is 0. The molecule has 1 aromatic heterocycles. The fourth-order valence-electron chi connectivity index (χ4n) is 0.974. The number of benzene rings is 1. The Morgan fingerprint density at radius 2 is 1.86 bits per heavy atom. The van der Waals surface area contributed by atoms with Crippen molar-refractivity contribution in [1.29, 1.82) is 0 Å². The van der Waals surface area contributed by atoms with Gasteiger partial charge in [-0.15, -0.1) is 0 Å². The van der Waals surface area contributed by atoms with Crippen LogP contribution in [0.5, 0.6) is 11.8 Å². The number of rotatable bonds is 2. The molecule has 0 aliphatic heterocycles. The summed E-state index contributed by atoms with van der Waals surface area (Å²) in [4.78, 5) is 7.70. The second-order valence-corrected chi connectivity index (χ2v) is 2.59. The molecule has 14 heavy (non-hydrogen) atoms. The summed E-state index contributed by atoms with van der Waals surface area (Å²) in [6, 6.07) is 7.71. The van der Waals surface area contributed by atoms with Crippen LogP contribution in [0.4, 0.5) is 4.39 Å². The summed E-state index contributed by atoms with van der Waals surface area (Å²) in [5.41, 5.74) is 0. The minimum atomic E-state index is -0.349. The summed E-state index contributed by atoms with van der Waals surface area (Å²) in [5, 5.41) is 0. The van der Waals surface area contributed by atoms with Gasteiger partial charge in [0, 0.05) is 18.5 Å². The predicted molar refractivity (Wildman–Crippen MR) is 48.5 cm³/mol. The van der Waals surface area contributed by atoms with E-state index >= 15 is 0 Å². The first-order chi connectivity index (χ1) is 6.84. The number of hydrogen-bond acceptors (Lipinski definition) is 3. The molecule has 0 fully saturated rings. The van der Waals surface area contributed by atoms with Gasteiger partial charge in [-0.1, -0.05) is 6.07 Å². The largest absolute Gasteiger partial charge is 0.424 e. The summed E-state index contributed by atoms with van der Waals surface area (Å²) in [6.07, 6.45) is 3.11. The number of ether oxygens (including phenoxy) is 1. The molecule has 0 amide bonds. The van der Waals surface area contributed by atoms with Gasteiger partial charge < -0.3 is 4.74 Å². The Balaban J connectivity index is 2.19. The van der Waals surface area contributed by atoms with Crippen molar-refractivity contribution in [2.75, 3.05) is 0 Å². The van der Waals surface area contributed by atoms with E-state index in [1.165, 1.54) is 12.1 Å². The first kappa shape index (κ1) is 8.62. The van der Waals surface area contributed by atoms with Crippen molar-refractivity contribution in [3.8, 4) is 11.8 Å². The maximum Gasteiger partial charge on any atom is 0.321 e. The monoisotopic (exact) mass is 190 g/mol. The molecule has 70 valence electrons. The average molecular weight is 190 g/mol. The normalized spacial score (nSPS) is 9.79. The third-order valence-corrected chi connectivity index (χ3v) is 1.55. The van der Waals surface area contributed by atoms with Crippen molar-refractivity contribution >= 4 is 0 Å². The Labute approximate surface area is 80.2 Å². The van der Waals surface area contributed by atoms with Crippen LogP contribution in [-0.4, -0.2) is 9.97 Å². The second kappa shape index (κ2) is 3.83. The molecule has 0 saturated carbocycles. The molecular weight excluding hydrogens is 183 g/mol. The van der Waals surface area contributed by atoms with Gasteiger partial charge in [-0.3, -0.25) is 0 Å². The molecule has 1 heterocycles. The molecular formula is C10H7FN2O. The predicted octanol–water partition coefficient (Wildman–Crippen LogP) is 2.41. The van der Waals surface area contributed by atoms with Crippen LogP contribution in [0.3, 0.4) is 0 Å². The number of nitrogens with zero attached hydrogens (tertiary/aromatic N) is 2. The highest BCUT2D eigenvalue weighted by Crippen LogP contribution is 2.17. The van der Waals surface area contributed by atoms with Gasteiger partial charge in [0.05, 0.1) is 0 Å². The molecule has 0 N–H and O–H groups in total. The molecule has 0 unspecified atom stereocenters. The molecule has 0 saturated heterocycles. The van der Waals surface area contributed by atoms with Crippen molar-refractivity contribution < 1.29 is 9.13 Å². The smallest absolute Gasteiger partial charge is 0.321 e. The van der Waals surface area contributed by atoms with E-state index in [1.54, 1.807) is 30.6 Å². The fourth-order valence-corrected chi connectivity index (χ4v) is 0.974. The topological polar surface area (TPSA) is 35.0 Å². The van der Waals surface area contributed by atoms with Gasteiger partial charge in [-0.25, -0.2) is 14.4 Å². The molecule has 0 bridgehead atoms. The minimum absolute atomic E-state index is 0.207. The van der Waals surface area contributed by atoms with Gasteiger partial charge in [0.1, 0.15) is 11.6 Å². The standard InChI is InChI=1S/C10H7FN2O/c11-8-3-1-4-9(7-8)14-10-12-5-2-6-13-10/h1-7H. The van der Waals surface area contributed by atoms with Crippen LogP contribution < -0.4 is 4.74 Å². The van der Waals surface area contributed by atoms with Gasteiger partial charge in [0.15, 0.2) is 0 Å². The molecule has 2 aromatic rings. The molecule has 0 aliphatic rings. The quantitative estimate of drug-likeness (QED) is 0.729. The number of halogens is 1.